The van der Waals surface area contributed by atoms with Gasteiger partial charge in [0.05, 0.1) is 7.82 Å². The van der Waals surface area contributed by atoms with E-state index in [4.69, 9.17) is 72.2 Å². The molecule has 51 heavy (non-hydrogen) atoms. The van der Waals surface area contributed by atoms with Crippen LogP contribution in [-0.2, 0) is 43.7 Å². The second kappa shape index (κ2) is 45.0. The van der Waals surface area contributed by atoms with Gasteiger partial charge in [-0.05, 0) is 32.1 Å². The second-order valence-electron chi connectivity index (χ2n) is 9.18. The van der Waals surface area contributed by atoms with Crippen LogP contribution in [0.25, 0.3) is 0 Å². The molecule has 0 spiro atoms. The summed E-state index contributed by atoms with van der Waals surface area (Å²) in [6, 6.07) is 0. The number of hydrogen-bond donors (Lipinski definition) is 9. The van der Waals surface area contributed by atoms with E-state index in [-0.39, 0.29) is 27.3 Å². The molecule has 2 radical (unpaired) electrons. The molecule has 0 atom stereocenters. The summed E-state index contributed by atoms with van der Waals surface area (Å²) >= 11 is 0. The monoisotopic (exact) mass is 976 g/mol. The summed E-state index contributed by atoms with van der Waals surface area (Å²) in [6.45, 7) is 3.34. The van der Waals surface area contributed by atoms with Crippen LogP contribution in [0.5, 0.6) is 0 Å². The Kier molecular flexibility index (Phi) is 55.6. The summed E-state index contributed by atoms with van der Waals surface area (Å²) in [5, 5.41) is 47.2. The van der Waals surface area contributed by atoms with Gasteiger partial charge in [-0.3, -0.25) is 18.7 Å². The zero-order valence-corrected chi connectivity index (χ0v) is 33.8. The molecule has 0 heterocycles. The summed E-state index contributed by atoms with van der Waals surface area (Å²) in [5.74, 6) is -6.53. The van der Waals surface area contributed by atoms with Gasteiger partial charge in [0.1, 0.15) is 0 Å². The van der Waals surface area contributed by atoms with Crippen molar-refractivity contribution in [2.75, 3.05) is 0 Å². The molecule has 23 heteroatoms. The average Bonchev–Trinajstić information content (AvgIpc) is 2.91. The van der Waals surface area contributed by atoms with Crippen molar-refractivity contribution in [1.29, 1.82) is 0 Å². The van der Waals surface area contributed by atoms with Crippen molar-refractivity contribution in [3.05, 3.63) is 36.5 Å². The van der Waals surface area contributed by atoms with E-state index in [1.807, 2.05) is 0 Å². The van der Waals surface area contributed by atoms with Crippen molar-refractivity contribution in [3.8, 4) is 0 Å². The number of carbonyl (C=O) groups is 6. The Hall–Kier alpha value is -3.06. The van der Waals surface area contributed by atoms with E-state index >= 15 is 0 Å². The molecule has 20 nitrogen and oxygen atoms in total. The van der Waals surface area contributed by atoms with Gasteiger partial charge in [-0.1, -0.05) is 70.4 Å². The number of unbranched alkanes of at least 4 members (excludes halogenated alkanes) is 11. The van der Waals surface area contributed by atoms with Crippen LogP contribution in [0.15, 0.2) is 36.5 Å². The summed E-state index contributed by atoms with van der Waals surface area (Å²) in [5.41, 5.74) is 0. The Bertz CT molecular complexity index is 1080. The Morgan fingerprint density at radius 2 is 0.804 bits per heavy atom. The van der Waals surface area contributed by atoms with Gasteiger partial charge in [0.15, 0.2) is 0 Å². The van der Waals surface area contributed by atoms with Crippen LogP contribution in [0, 0.1) is 0 Å². The molecule has 0 aliphatic carbocycles. The summed E-state index contributed by atoms with van der Waals surface area (Å²) in [4.78, 5) is 81.8. The zero-order chi connectivity index (χ0) is 40.6. The minimum atomic E-state index is -5.14. The Labute approximate surface area is 316 Å². The van der Waals surface area contributed by atoms with Crippen molar-refractivity contribution >= 4 is 81.3 Å². The summed E-state index contributed by atoms with van der Waals surface area (Å²) < 4.78 is 40.2. The normalized spacial score (nSPS) is 10.2. The Morgan fingerprint density at radius 1 is 0.588 bits per heavy atom. The number of carboxylic acids is 6. The topological polar surface area (TPSA) is 382 Å². The molecule has 9 N–H and O–H groups in total. The summed E-state index contributed by atoms with van der Waals surface area (Å²) in [6.07, 6.45) is 23.5. The van der Waals surface area contributed by atoms with Crippen LogP contribution < -0.4 is 9.79 Å². The van der Waals surface area contributed by atoms with Crippen LogP contribution in [-0.4, -0.2) is 116 Å². The minimum absolute atomic E-state index is 0. The molecule has 0 fully saturated rings. The van der Waals surface area contributed by atoms with E-state index in [2.05, 4.69) is 19.1 Å². The molecule has 0 rings (SSSR count). The summed E-state index contributed by atoms with van der Waals surface area (Å²) in [7, 11) is -9.81. The first kappa shape index (κ1) is 63.0. The van der Waals surface area contributed by atoms with Crippen LogP contribution in [0.2, 0.25) is 0 Å². The fourth-order valence-electron chi connectivity index (χ4n) is 2.63. The van der Waals surface area contributed by atoms with E-state index in [1.54, 1.807) is 0 Å². The number of hydrogen-bond acceptors (Lipinski definition) is 11. The van der Waals surface area contributed by atoms with Gasteiger partial charge < -0.3 is 49.9 Å². The van der Waals surface area contributed by atoms with Gasteiger partial charge in [-0.25, -0.2) is 19.2 Å². The van der Waals surface area contributed by atoms with E-state index in [0.717, 1.165) is 19.8 Å². The molecule has 0 bridgehead atoms. The molecule has 0 aliphatic heterocycles. The molecular formula is C28H49O20PPbS. The van der Waals surface area contributed by atoms with Gasteiger partial charge >= 0.3 is 67.5 Å². The fourth-order valence-corrected chi connectivity index (χ4v) is 2.63. The van der Waals surface area contributed by atoms with Crippen LogP contribution in [0.3, 0.4) is 0 Å². The molecule has 296 valence electrons. The molecule has 0 saturated carbocycles. The van der Waals surface area contributed by atoms with E-state index < -0.39 is 54.0 Å². The molecule has 0 unspecified atom stereocenters. The first-order valence-corrected chi connectivity index (χ1v) is 17.4. The van der Waals surface area contributed by atoms with Crippen molar-refractivity contribution in [3.63, 3.8) is 0 Å². The SMILES string of the molecule is CC(=O)O.CCCCCCCCC=CCCCCCCCC(=O)O.O=C(O)C=CC(=O)O.O=C(O)C=CC(=O)O.O=P([O-])([O-])O.O=S(=O)(O)O.[Pb+2]. The van der Waals surface area contributed by atoms with Crippen molar-refractivity contribution in [2.45, 2.75) is 104 Å². The predicted molar refractivity (Wildman–Crippen MR) is 179 cm³/mol. The third-order valence-electron chi connectivity index (χ3n) is 4.39. The third-order valence-corrected chi connectivity index (χ3v) is 4.39. The smallest absolute Gasteiger partial charge is 0.790 e. The van der Waals surface area contributed by atoms with Crippen molar-refractivity contribution in [1.82, 2.24) is 0 Å². The zero-order valence-electron chi connectivity index (χ0n) is 28.2. The standard InChI is InChI=1S/C18H34O2.2C4H4O4.C2H4O2.H3O4P.H2O4S.Pb/c1-2-3-4-5-6-7-8-9-10-11-12-13-14-15-16-17-18(19)20;2*5-3(6)1-2-4(7)8;1-2(3)4;2*1-5(2,3)4;/h9-10H,2-8,11-17H2,1H3,(H,19,20);2*1-2H,(H,5,6)(H,7,8);1H3,(H,3,4);(H3,1,2,3,4);(H2,1,2,3,4);/q;;;;;;+2/p-2. The van der Waals surface area contributed by atoms with Crippen LogP contribution in [0.1, 0.15) is 104 Å². The van der Waals surface area contributed by atoms with Gasteiger partial charge in [0, 0.05) is 37.6 Å². The first-order chi connectivity index (χ1) is 22.8. The molecular weight excluding hydrogens is 927 g/mol. The maximum absolute atomic E-state index is 10.3. The van der Waals surface area contributed by atoms with Gasteiger partial charge in [-0.2, -0.15) is 8.42 Å². The number of aliphatic carboxylic acids is 6. The fraction of sp³-hybridized carbons (Fsp3) is 0.571. The largest absolute Gasteiger partial charge is 2.00 e. The number of allylic oxidation sites excluding steroid dienone is 2. The molecule has 0 saturated heterocycles. The average molecular weight is 976 g/mol. The van der Waals surface area contributed by atoms with E-state index in [1.165, 1.54) is 70.6 Å². The molecule has 0 aromatic heterocycles. The predicted octanol–water partition coefficient (Wildman–Crippen LogP) is 2.40. The maximum atomic E-state index is 10.3. The number of rotatable bonds is 19. The van der Waals surface area contributed by atoms with Crippen LogP contribution in [0.4, 0.5) is 0 Å². The van der Waals surface area contributed by atoms with Gasteiger partial charge in [0.25, 0.3) is 5.97 Å². The van der Waals surface area contributed by atoms with Crippen LogP contribution >= 0.6 is 7.82 Å². The Balaban J connectivity index is -0.000000104. The number of phosphoric acid groups is 1. The number of carboxylic acid groups (broad SMARTS) is 6. The molecule has 0 amide bonds. The third kappa shape index (κ3) is 165. The Morgan fingerprint density at radius 3 is 1.02 bits per heavy atom. The first-order valence-electron chi connectivity index (χ1n) is 14.5. The second-order valence-corrected chi connectivity index (χ2v) is 11.0. The van der Waals surface area contributed by atoms with E-state index in [9.17, 15) is 24.0 Å². The van der Waals surface area contributed by atoms with E-state index in [0.29, 0.717) is 30.7 Å². The minimum Gasteiger partial charge on any atom is -0.790 e. The van der Waals surface area contributed by atoms with Crippen molar-refractivity contribution < 1.29 is 96.2 Å². The molecule has 0 aromatic rings. The van der Waals surface area contributed by atoms with Gasteiger partial charge in [0.2, 0.25) is 0 Å². The molecule has 0 aliphatic rings. The molecule has 0 aromatic carbocycles. The quantitative estimate of drug-likeness (QED) is 0.0224. The van der Waals surface area contributed by atoms with Crippen molar-refractivity contribution in [2.24, 2.45) is 0 Å². The maximum Gasteiger partial charge on any atom is 2.00 e. The van der Waals surface area contributed by atoms with Gasteiger partial charge in [-0.15, -0.1) is 0 Å².